The van der Waals surface area contributed by atoms with E-state index in [-0.39, 0.29) is 11.5 Å². The number of para-hydroxylation sites is 1. The van der Waals surface area contributed by atoms with Crippen LogP contribution in [0.3, 0.4) is 0 Å². The standard InChI is InChI=1S/C34H29NS/c1-22-11-9-14-24(21-22)35(23-12-5-4-6-13-23)30-18-10-16-25-26-19-20-29-31(33(26)36-32(25)30)27-15-7-8-17-28(27)34(29,2)3/h4-17,19-21,30H,18H2,1-3H3. The maximum atomic E-state index is 2.54. The van der Waals surface area contributed by atoms with Gasteiger partial charge < -0.3 is 4.90 Å². The predicted molar refractivity (Wildman–Crippen MR) is 156 cm³/mol. The number of hydrogen-bond acceptors (Lipinski definition) is 2. The summed E-state index contributed by atoms with van der Waals surface area (Å²) in [4.78, 5) is 4.01. The Hall–Kier alpha value is -3.62. The molecule has 5 aromatic rings. The van der Waals surface area contributed by atoms with Crippen molar-refractivity contribution in [3.05, 3.63) is 124 Å². The minimum Gasteiger partial charge on any atom is -0.333 e. The van der Waals surface area contributed by atoms with Crippen molar-refractivity contribution < 1.29 is 0 Å². The highest BCUT2D eigenvalue weighted by Gasteiger charge is 2.38. The van der Waals surface area contributed by atoms with Gasteiger partial charge in [0, 0.05) is 37.3 Å². The maximum absolute atomic E-state index is 2.54. The van der Waals surface area contributed by atoms with E-state index in [4.69, 9.17) is 0 Å². The van der Waals surface area contributed by atoms with Gasteiger partial charge in [-0.25, -0.2) is 0 Å². The van der Waals surface area contributed by atoms with Gasteiger partial charge in [0.1, 0.15) is 0 Å². The first kappa shape index (κ1) is 21.6. The Labute approximate surface area is 217 Å². The molecule has 0 N–H and O–H groups in total. The van der Waals surface area contributed by atoms with Crippen LogP contribution in [0.25, 0.3) is 27.3 Å². The van der Waals surface area contributed by atoms with Crippen molar-refractivity contribution in [3.63, 3.8) is 0 Å². The van der Waals surface area contributed by atoms with E-state index in [2.05, 4.69) is 129 Å². The van der Waals surface area contributed by atoms with Crippen molar-refractivity contribution in [3.8, 4) is 11.1 Å². The van der Waals surface area contributed by atoms with Crippen molar-refractivity contribution in [2.24, 2.45) is 0 Å². The van der Waals surface area contributed by atoms with Crippen LogP contribution in [0.15, 0.2) is 97.1 Å². The molecule has 4 aromatic carbocycles. The van der Waals surface area contributed by atoms with E-state index in [1.165, 1.54) is 59.7 Å². The molecule has 0 saturated carbocycles. The van der Waals surface area contributed by atoms with Gasteiger partial charge in [-0.3, -0.25) is 0 Å². The van der Waals surface area contributed by atoms with Crippen LogP contribution >= 0.6 is 11.3 Å². The lowest BCUT2D eigenvalue weighted by Gasteiger charge is -2.35. The zero-order chi connectivity index (χ0) is 24.4. The van der Waals surface area contributed by atoms with Gasteiger partial charge in [-0.05, 0) is 65.4 Å². The van der Waals surface area contributed by atoms with Gasteiger partial charge in [0.25, 0.3) is 0 Å². The monoisotopic (exact) mass is 483 g/mol. The molecular weight excluding hydrogens is 454 g/mol. The van der Waals surface area contributed by atoms with Gasteiger partial charge in [0.05, 0.1) is 6.04 Å². The third kappa shape index (κ3) is 3.07. The number of rotatable bonds is 3. The summed E-state index contributed by atoms with van der Waals surface area (Å²) in [7, 11) is 0. The van der Waals surface area contributed by atoms with E-state index < -0.39 is 0 Å². The normalized spacial score (nSPS) is 17.0. The summed E-state index contributed by atoms with van der Waals surface area (Å²) in [6, 6.07) is 33.8. The number of benzene rings is 4. The molecule has 7 rings (SSSR count). The second kappa shape index (κ2) is 7.94. The Morgan fingerprint density at radius 2 is 1.58 bits per heavy atom. The number of fused-ring (bicyclic) bond motifs is 7. The Kier molecular flexibility index (Phi) is 4.78. The van der Waals surface area contributed by atoms with E-state index in [0.717, 1.165) is 6.42 Å². The Morgan fingerprint density at radius 3 is 2.42 bits per heavy atom. The molecule has 1 nitrogen and oxygen atoms in total. The Bertz CT molecular complexity index is 1650. The first-order chi connectivity index (χ1) is 17.5. The van der Waals surface area contributed by atoms with Gasteiger partial charge in [-0.1, -0.05) is 92.7 Å². The first-order valence-corrected chi connectivity index (χ1v) is 13.6. The average molecular weight is 484 g/mol. The van der Waals surface area contributed by atoms with Gasteiger partial charge in [0.15, 0.2) is 0 Å². The van der Waals surface area contributed by atoms with E-state index in [0.29, 0.717) is 0 Å². The summed E-state index contributed by atoms with van der Waals surface area (Å²) >= 11 is 2.01. The molecule has 1 unspecified atom stereocenters. The topological polar surface area (TPSA) is 3.24 Å². The Balaban J connectivity index is 1.47. The van der Waals surface area contributed by atoms with Crippen molar-refractivity contribution >= 4 is 38.9 Å². The minimum absolute atomic E-state index is 0.0253. The average Bonchev–Trinajstić information content (AvgIpc) is 3.39. The number of aryl methyl sites for hydroxylation is 1. The molecule has 2 aliphatic carbocycles. The van der Waals surface area contributed by atoms with Crippen LogP contribution in [0.2, 0.25) is 0 Å². The van der Waals surface area contributed by atoms with Crippen LogP contribution in [0.1, 0.15) is 53.4 Å². The van der Waals surface area contributed by atoms with Crippen molar-refractivity contribution in [1.29, 1.82) is 0 Å². The van der Waals surface area contributed by atoms with E-state index in [9.17, 15) is 0 Å². The second-order valence-corrected chi connectivity index (χ2v) is 11.7. The smallest absolute Gasteiger partial charge is 0.0725 e. The molecule has 1 aromatic heterocycles. The molecule has 0 bridgehead atoms. The van der Waals surface area contributed by atoms with Gasteiger partial charge >= 0.3 is 0 Å². The number of hydrogen-bond donors (Lipinski definition) is 0. The Morgan fingerprint density at radius 1 is 0.806 bits per heavy atom. The summed E-state index contributed by atoms with van der Waals surface area (Å²) < 4.78 is 1.43. The molecular formula is C34H29NS. The number of anilines is 2. The first-order valence-electron chi connectivity index (χ1n) is 12.8. The summed E-state index contributed by atoms with van der Waals surface area (Å²) in [5.41, 5.74) is 10.9. The van der Waals surface area contributed by atoms with Crippen molar-refractivity contribution in [2.45, 2.75) is 38.6 Å². The molecule has 0 saturated heterocycles. The van der Waals surface area contributed by atoms with Gasteiger partial charge in [-0.2, -0.15) is 0 Å². The molecule has 2 heteroatoms. The maximum Gasteiger partial charge on any atom is 0.0725 e. The molecule has 1 atom stereocenters. The molecule has 0 spiro atoms. The second-order valence-electron chi connectivity index (χ2n) is 10.6. The van der Waals surface area contributed by atoms with E-state index in [1.807, 2.05) is 11.3 Å². The fourth-order valence-corrected chi connectivity index (χ4v) is 7.77. The third-order valence-corrected chi connectivity index (χ3v) is 9.38. The highest BCUT2D eigenvalue weighted by Crippen LogP contribution is 2.55. The van der Waals surface area contributed by atoms with Crippen LogP contribution in [0.4, 0.5) is 11.4 Å². The summed E-state index contributed by atoms with van der Waals surface area (Å²) in [5.74, 6) is 0. The number of nitrogens with zero attached hydrogens (tertiary/aromatic N) is 1. The highest BCUT2D eigenvalue weighted by atomic mass is 32.1. The van der Waals surface area contributed by atoms with Crippen LogP contribution in [-0.2, 0) is 5.41 Å². The molecule has 0 aliphatic heterocycles. The van der Waals surface area contributed by atoms with Crippen molar-refractivity contribution in [2.75, 3.05) is 4.90 Å². The molecule has 2 aliphatic rings. The van der Waals surface area contributed by atoms with E-state index in [1.54, 1.807) is 0 Å². The van der Waals surface area contributed by atoms with Gasteiger partial charge in [0.2, 0.25) is 0 Å². The molecule has 0 radical (unpaired) electrons. The summed E-state index contributed by atoms with van der Waals surface area (Å²) in [6.07, 6.45) is 5.73. The summed E-state index contributed by atoms with van der Waals surface area (Å²) in [6.45, 7) is 6.92. The van der Waals surface area contributed by atoms with Crippen LogP contribution in [0.5, 0.6) is 0 Å². The molecule has 1 heterocycles. The van der Waals surface area contributed by atoms with E-state index >= 15 is 0 Å². The molecule has 36 heavy (non-hydrogen) atoms. The summed E-state index contributed by atoms with van der Waals surface area (Å²) in [5, 5.41) is 1.39. The van der Waals surface area contributed by atoms with Crippen LogP contribution < -0.4 is 4.90 Å². The predicted octanol–water partition coefficient (Wildman–Crippen LogP) is 9.81. The number of thiophene rings is 1. The quantitative estimate of drug-likeness (QED) is 0.247. The van der Waals surface area contributed by atoms with Crippen LogP contribution in [0, 0.1) is 6.92 Å². The minimum atomic E-state index is 0.0253. The lowest BCUT2D eigenvalue weighted by atomic mass is 9.82. The molecule has 0 amide bonds. The van der Waals surface area contributed by atoms with Gasteiger partial charge in [-0.15, -0.1) is 11.3 Å². The zero-order valence-corrected chi connectivity index (χ0v) is 21.8. The fraction of sp³-hybridized carbons (Fsp3) is 0.176. The lowest BCUT2D eigenvalue weighted by molar-refractivity contribution is 0.661. The fourth-order valence-electron chi connectivity index (χ4n) is 6.32. The SMILES string of the molecule is Cc1cccc(N(c2ccccc2)C2CC=Cc3c2sc2c4c(ccc32)C(C)(C)c2ccccc2-4)c1. The molecule has 176 valence electrons. The molecule has 0 fully saturated rings. The largest absolute Gasteiger partial charge is 0.333 e. The third-order valence-electron chi connectivity index (χ3n) is 8.04. The zero-order valence-electron chi connectivity index (χ0n) is 21.0. The highest BCUT2D eigenvalue weighted by molar-refractivity contribution is 7.20. The van der Waals surface area contributed by atoms with Crippen molar-refractivity contribution in [1.82, 2.24) is 0 Å². The lowest BCUT2D eigenvalue weighted by Crippen LogP contribution is -2.24. The van der Waals surface area contributed by atoms with Crippen LogP contribution in [-0.4, -0.2) is 0 Å².